The van der Waals surface area contributed by atoms with Crippen molar-refractivity contribution in [1.29, 1.82) is 0 Å². The summed E-state index contributed by atoms with van der Waals surface area (Å²) in [7, 11) is 0. The van der Waals surface area contributed by atoms with Crippen molar-refractivity contribution in [3.63, 3.8) is 0 Å². The quantitative estimate of drug-likeness (QED) is 0.586. The van der Waals surface area contributed by atoms with Gasteiger partial charge in [-0.1, -0.05) is 61.9 Å². The van der Waals surface area contributed by atoms with Gasteiger partial charge in [0.15, 0.2) is 10.9 Å². The fourth-order valence-corrected chi connectivity index (χ4v) is 4.55. The highest BCUT2D eigenvalue weighted by molar-refractivity contribution is 7.99. The lowest BCUT2D eigenvalue weighted by Gasteiger charge is -2.29. The van der Waals surface area contributed by atoms with Gasteiger partial charge in [0.25, 0.3) is 0 Å². The summed E-state index contributed by atoms with van der Waals surface area (Å²) in [5.41, 5.74) is 1.14. The molecule has 7 heteroatoms. The Morgan fingerprint density at radius 1 is 1.17 bits per heavy atom. The lowest BCUT2D eigenvalue weighted by molar-refractivity contribution is -0.119. The number of nitrogens with one attached hydrogen (secondary N) is 1. The van der Waals surface area contributed by atoms with Gasteiger partial charge in [0.05, 0.1) is 18.6 Å². The van der Waals surface area contributed by atoms with Crippen LogP contribution in [0.2, 0.25) is 0 Å². The summed E-state index contributed by atoms with van der Waals surface area (Å²) in [5.74, 6) is 2.27. The molecule has 1 N–H and O–H groups in total. The minimum absolute atomic E-state index is 0.0579. The second-order valence-corrected chi connectivity index (χ2v) is 8.52. The number of amides is 1. The fourth-order valence-electron chi connectivity index (χ4n) is 3.80. The normalized spacial score (nSPS) is 19.2. The van der Waals surface area contributed by atoms with E-state index in [1.54, 1.807) is 6.26 Å². The lowest BCUT2D eigenvalue weighted by atomic mass is 9.86. The van der Waals surface area contributed by atoms with E-state index in [9.17, 15) is 4.79 Å². The molecule has 2 aromatic heterocycles. The van der Waals surface area contributed by atoms with E-state index in [-0.39, 0.29) is 11.9 Å². The molecule has 0 spiro atoms. The van der Waals surface area contributed by atoms with Crippen LogP contribution >= 0.6 is 11.8 Å². The Labute approximate surface area is 175 Å². The van der Waals surface area contributed by atoms with Gasteiger partial charge in [0, 0.05) is 6.04 Å². The van der Waals surface area contributed by atoms with Crippen molar-refractivity contribution < 1.29 is 9.21 Å². The summed E-state index contributed by atoms with van der Waals surface area (Å²) in [6.07, 6.45) is 6.35. The first kappa shape index (κ1) is 19.8. The van der Waals surface area contributed by atoms with Gasteiger partial charge < -0.3 is 9.73 Å². The average Bonchev–Trinajstić information content (AvgIpc) is 3.39. The number of thioether (sulfide) groups is 1. The van der Waals surface area contributed by atoms with E-state index in [1.165, 1.54) is 31.0 Å². The molecule has 4 rings (SSSR count). The number of furan rings is 1. The maximum absolute atomic E-state index is 12.5. The molecule has 152 valence electrons. The van der Waals surface area contributed by atoms with Crippen LogP contribution in [0.25, 0.3) is 11.6 Å². The molecule has 2 atom stereocenters. The number of benzene rings is 1. The van der Waals surface area contributed by atoms with Crippen molar-refractivity contribution in [3.05, 3.63) is 54.3 Å². The van der Waals surface area contributed by atoms with Crippen molar-refractivity contribution >= 4 is 17.7 Å². The highest BCUT2D eigenvalue weighted by atomic mass is 32.2. The molecule has 0 aliphatic heterocycles. The summed E-state index contributed by atoms with van der Waals surface area (Å²) < 4.78 is 7.55. The predicted octanol–water partition coefficient (Wildman–Crippen LogP) is 4.37. The van der Waals surface area contributed by atoms with E-state index < -0.39 is 0 Å². The van der Waals surface area contributed by atoms with E-state index >= 15 is 0 Å². The molecular weight excluding hydrogens is 384 g/mol. The molecule has 29 heavy (non-hydrogen) atoms. The maximum Gasteiger partial charge on any atom is 0.230 e. The molecular formula is C22H26N4O2S. The number of rotatable bonds is 7. The topological polar surface area (TPSA) is 73.0 Å². The van der Waals surface area contributed by atoms with E-state index in [2.05, 4.69) is 34.6 Å². The molecule has 0 saturated heterocycles. The fraction of sp³-hybridized carbons (Fsp3) is 0.409. The molecule has 0 unspecified atom stereocenters. The van der Waals surface area contributed by atoms with Crippen LogP contribution in [0.5, 0.6) is 0 Å². The Kier molecular flexibility index (Phi) is 6.34. The Hall–Kier alpha value is -2.54. The zero-order chi connectivity index (χ0) is 20.1. The molecule has 1 aromatic carbocycles. The van der Waals surface area contributed by atoms with Gasteiger partial charge in [-0.15, -0.1) is 10.2 Å². The van der Waals surface area contributed by atoms with Crippen LogP contribution in [-0.2, 0) is 11.3 Å². The maximum atomic E-state index is 12.5. The molecule has 1 amide bonds. The Bertz CT molecular complexity index is 924. The summed E-state index contributed by atoms with van der Waals surface area (Å²) in [6, 6.07) is 14.2. The monoisotopic (exact) mass is 410 g/mol. The molecule has 1 saturated carbocycles. The molecule has 2 heterocycles. The number of aromatic nitrogens is 3. The number of hydrogen-bond acceptors (Lipinski definition) is 5. The van der Waals surface area contributed by atoms with Crippen LogP contribution in [0, 0.1) is 5.92 Å². The van der Waals surface area contributed by atoms with E-state index in [0.29, 0.717) is 35.0 Å². The number of carbonyl (C=O) groups is 1. The SMILES string of the molecule is C[C@H]1CCCC[C@@H]1NC(=O)CSc1nnc(-c2ccco2)n1Cc1ccccc1. The smallest absolute Gasteiger partial charge is 0.230 e. The highest BCUT2D eigenvalue weighted by Crippen LogP contribution is 2.26. The average molecular weight is 411 g/mol. The summed E-state index contributed by atoms with van der Waals surface area (Å²) in [4.78, 5) is 12.5. The van der Waals surface area contributed by atoms with Crippen LogP contribution in [0.3, 0.4) is 0 Å². The van der Waals surface area contributed by atoms with E-state index in [4.69, 9.17) is 4.42 Å². The molecule has 3 aromatic rings. The third-order valence-electron chi connectivity index (χ3n) is 5.43. The number of nitrogens with zero attached hydrogens (tertiary/aromatic N) is 3. The summed E-state index contributed by atoms with van der Waals surface area (Å²) in [6.45, 7) is 2.84. The third-order valence-corrected chi connectivity index (χ3v) is 6.40. The molecule has 0 bridgehead atoms. The minimum atomic E-state index is 0.0579. The van der Waals surface area contributed by atoms with Gasteiger partial charge in [-0.05, 0) is 36.5 Å². The van der Waals surface area contributed by atoms with Crippen LogP contribution in [0.4, 0.5) is 0 Å². The standard InChI is InChI=1S/C22H26N4O2S/c1-16-8-5-6-11-18(16)23-20(27)15-29-22-25-24-21(19-12-7-13-28-19)26(22)14-17-9-3-2-4-10-17/h2-4,7,9-10,12-13,16,18H,5-6,8,11,14-15H2,1H3,(H,23,27)/t16-,18-/m0/s1. The second-order valence-electron chi connectivity index (χ2n) is 7.58. The molecule has 1 aliphatic carbocycles. The summed E-state index contributed by atoms with van der Waals surface area (Å²) in [5, 5.41) is 12.6. The van der Waals surface area contributed by atoms with Crippen LogP contribution in [-0.4, -0.2) is 32.5 Å². The van der Waals surface area contributed by atoms with Gasteiger partial charge in [0.1, 0.15) is 0 Å². The Balaban J connectivity index is 1.47. The number of hydrogen-bond donors (Lipinski definition) is 1. The van der Waals surface area contributed by atoms with Gasteiger partial charge in [-0.25, -0.2) is 0 Å². The van der Waals surface area contributed by atoms with Gasteiger partial charge in [-0.2, -0.15) is 0 Å². The second kappa shape index (κ2) is 9.31. The van der Waals surface area contributed by atoms with Crippen molar-refractivity contribution in [2.24, 2.45) is 5.92 Å². The van der Waals surface area contributed by atoms with Crippen LogP contribution in [0.15, 0.2) is 58.3 Å². The molecule has 1 aliphatic rings. The van der Waals surface area contributed by atoms with E-state index in [0.717, 1.165) is 12.0 Å². The van der Waals surface area contributed by atoms with E-state index in [1.807, 2.05) is 34.9 Å². The largest absolute Gasteiger partial charge is 0.461 e. The van der Waals surface area contributed by atoms with Crippen molar-refractivity contribution in [1.82, 2.24) is 20.1 Å². The predicted molar refractivity (Wildman–Crippen MR) is 114 cm³/mol. The minimum Gasteiger partial charge on any atom is -0.461 e. The zero-order valence-corrected chi connectivity index (χ0v) is 17.4. The molecule has 1 fully saturated rings. The molecule has 6 nitrogen and oxygen atoms in total. The zero-order valence-electron chi connectivity index (χ0n) is 16.6. The first-order chi connectivity index (χ1) is 14.2. The first-order valence-corrected chi connectivity index (χ1v) is 11.1. The Morgan fingerprint density at radius 3 is 2.76 bits per heavy atom. The number of carbonyl (C=O) groups excluding carboxylic acids is 1. The van der Waals surface area contributed by atoms with Gasteiger partial charge in [-0.3, -0.25) is 9.36 Å². The third kappa shape index (κ3) is 4.90. The van der Waals surface area contributed by atoms with Crippen molar-refractivity contribution in [2.75, 3.05) is 5.75 Å². The summed E-state index contributed by atoms with van der Waals surface area (Å²) >= 11 is 1.42. The lowest BCUT2D eigenvalue weighted by Crippen LogP contribution is -2.41. The van der Waals surface area contributed by atoms with Gasteiger partial charge >= 0.3 is 0 Å². The van der Waals surface area contributed by atoms with Crippen LogP contribution in [0.1, 0.15) is 38.2 Å². The first-order valence-electron chi connectivity index (χ1n) is 10.1. The highest BCUT2D eigenvalue weighted by Gasteiger charge is 2.23. The van der Waals surface area contributed by atoms with Gasteiger partial charge in [0.2, 0.25) is 11.7 Å². The van der Waals surface area contributed by atoms with Crippen molar-refractivity contribution in [3.8, 4) is 11.6 Å². The van der Waals surface area contributed by atoms with Crippen molar-refractivity contribution in [2.45, 2.75) is 50.4 Å². The van der Waals surface area contributed by atoms with Crippen LogP contribution < -0.4 is 5.32 Å². The molecule has 0 radical (unpaired) electrons. The Morgan fingerprint density at radius 2 is 2.00 bits per heavy atom.